The van der Waals surface area contributed by atoms with Crippen molar-refractivity contribution in [3.05, 3.63) is 35.5 Å². The zero-order chi connectivity index (χ0) is 27.9. The van der Waals surface area contributed by atoms with E-state index in [9.17, 15) is 18.0 Å². The Morgan fingerprint density at radius 1 is 1.29 bits per heavy atom. The normalized spacial score (nSPS) is 17.9. The molecule has 0 saturated carbocycles. The number of alkyl halides is 3. The van der Waals surface area contributed by atoms with Crippen molar-refractivity contribution in [1.29, 1.82) is 0 Å². The first-order chi connectivity index (χ1) is 18.0. The molecule has 0 aliphatic carbocycles. The Balaban J connectivity index is 0.000000505. The van der Waals surface area contributed by atoms with E-state index < -0.39 is 12.1 Å². The molecule has 4 rings (SSSR count). The number of carboxylic acid groups (broad SMARTS) is 1. The molecule has 11 nitrogen and oxygen atoms in total. The van der Waals surface area contributed by atoms with Crippen LogP contribution in [-0.4, -0.2) is 80.7 Å². The highest BCUT2D eigenvalue weighted by Crippen LogP contribution is 2.37. The number of pyridine rings is 1. The number of likely N-dealkylation sites (tertiary alicyclic amines) is 1. The number of carbonyl (C=O) groups is 2. The number of piperidine rings is 1. The van der Waals surface area contributed by atoms with Gasteiger partial charge in [-0.2, -0.15) is 13.2 Å². The number of fused-ring (bicyclic) bond motifs is 1. The molecule has 1 amide bonds. The van der Waals surface area contributed by atoms with Gasteiger partial charge in [-0.25, -0.2) is 9.78 Å². The van der Waals surface area contributed by atoms with Crippen LogP contribution in [0.1, 0.15) is 55.1 Å². The molecule has 2 aromatic rings. The summed E-state index contributed by atoms with van der Waals surface area (Å²) in [5.41, 5.74) is 1.08. The van der Waals surface area contributed by atoms with Crippen molar-refractivity contribution in [2.75, 3.05) is 26.8 Å². The predicted octanol–water partition coefficient (Wildman–Crippen LogP) is 2.66. The number of hydrogen-bond acceptors (Lipinski definition) is 8. The molecule has 2 aliphatic heterocycles. The first-order valence-electron chi connectivity index (χ1n) is 12.3. The molecule has 38 heavy (non-hydrogen) atoms. The fraction of sp³-hybridized carbons (Fsp3) is 0.625. The number of aromatic nitrogens is 4. The summed E-state index contributed by atoms with van der Waals surface area (Å²) in [4.78, 5) is 28.4. The molecule has 1 spiro atoms. The maximum Gasteiger partial charge on any atom is 0.490 e. The lowest BCUT2D eigenvalue weighted by atomic mass is 9.78. The van der Waals surface area contributed by atoms with E-state index in [-0.39, 0.29) is 17.4 Å². The SMILES string of the molecule is CCC(C)NC(=O)c1nnc2n1CC1(CCN(Cc3cccnc3OC)CC1)COC2.O=C(O)C(F)(F)F. The summed E-state index contributed by atoms with van der Waals surface area (Å²) in [6, 6.07) is 4.11. The highest BCUT2D eigenvalue weighted by molar-refractivity contribution is 5.90. The van der Waals surface area contributed by atoms with Crippen LogP contribution in [0.2, 0.25) is 0 Å². The second kappa shape index (κ2) is 12.5. The number of aliphatic carboxylic acids is 1. The van der Waals surface area contributed by atoms with Crippen LogP contribution in [-0.2, 0) is 29.2 Å². The lowest BCUT2D eigenvalue weighted by molar-refractivity contribution is -0.192. The van der Waals surface area contributed by atoms with Gasteiger partial charge in [-0.05, 0) is 45.3 Å². The van der Waals surface area contributed by atoms with E-state index in [4.69, 9.17) is 19.4 Å². The minimum absolute atomic E-state index is 0.0193. The fourth-order valence-electron chi connectivity index (χ4n) is 4.36. The van der Waals surface area contributed by atoms with E-state index in [1.54, 1.807) is 13.3 Å². The molecule has 0 aromatic carbocycles. The van der Waals surface area contributed by atoms with E-state index >= 15 is 0 Å². The third-order valence-corrected chi connectivity index (χ3v) is 6.75. The van der Waals surface area contributed by atoms with Gasteiger partial charge in [0.1, 0.15) is 6.61 Å². The van der Waals surface area contributed by atoms with Gasteiger partial charge >= 0.3 is 12.1 Å². The van der Waals surface area contributed by atoms with Gasteiger partial charge in [0.15, 0.2) is 5.82 Å². The summed E-state index contributed by atoms with van der Waals surface area (Å²) in [7, 11) is 1.66. The topological polar surface area (TPSA) is 132 Å². The summed E-state index contributed by atoms with van der Waals surface area (Å²) >= 11 is 0. The number of nitrogens with zero attached hydrogens (tertiary/aromatic N) is 5. The smallest absolute Gasteiger partial charge is 0.481 e. The number of halogens is 3. The molecule has 1 unspecified atom stereocenters. The molecule has 2 aliphatic rings. The Morgan fingerprint density at radius 2 is 1.97 bits per heavy atom. The summed E-state index contributed by atoms with van der Waals surface area (Å²) in [5, 5.41) is 18.6. The number of nitrogens with one attached hydrogen (secondary N) is 1. The van der Waals surface area contributed by atoms with Gasteiger partial charge in [0.25, 0.3) is 5.91 Å². The van der Waals surface area contributed by atoms with Crippen molar-refractivity contribution in [3.8, 4) is 5.88 Å². The number of rotatable bonds is 6. The number of hydrogen-bond donors (Lipinski definition) is 2. The van der Waals surface area contributed by atoms with E-state index in [0.717, 1.165) is 50.3 Å². The van der Waals surface area contributed by atoms with Crippen LogP contribution < -0.4 is 10.1 Å². The Kier molecular flexibility index (Phi) is 9.66. The third kappa shape index (κ3) is 7.40. The minimum Gasteiger partial charge on any atom is -0.481 e. The van der Waals surface area contributed by atoms with E-state index in [0.29, 0.717) is 31.5 Å². The molecular formula is C24H33F3N6O5. The van der Waals surface area contributed by atoms with Crippen molar-refractivity contribution in [2.24, 2.45) is 5.41 Å². The van der Waals surface area contributed by atoms with Gasteiger partial charge in [-0.3, -0.25) is 9.69 Å². The standard InChI is InChI=1S/C22H32N6O3.C2HF3O2/c1-4-16(2)24-20(29)19-26-25-18-13-31-15-22(14-28(18)19)7-10-27(11-8-22)12-17-6-5-9-23-21(17)30-3;3-2(4,5)1(6)7/h5-6,9,16H,4,7-8,10-15H2,1-3H3,(H,24,29);(H,6,7). The quantitative estimate of drug-likeness (QED) is 0.565. The van der Waals surface area contributed by atoms with Crippen LogP contribution in [0, 0.1) is 5.41 Å². The van der Waals surface area contributed by atoms with Crippen LogP contribution in [0.15, 0.2) is 18.3 Å². The molecule has 1 saturated heterocycles. The number of amides is 1. The van der Waals surface area contributed by atoms with Crippen molar-refractivity contribution in [3.63, 3.8) is 0 Å². The molecule has 4 heterocycles. The molecule has 14 heteroatoms. The molecule has 2 N–H and O–H groups in total. The van der Waals surface area contributed by atoms with Crippen LogP contribution in [0.5, 0.6) is 5.88 Å². The summed E-state index contributed by atoms with van der Waals surface area (Å²) in [5.74, 6) is -1.11. The molecular weight excluding hydrogens is 509 g/mol. The average Bonchev–Trinajstić information content (AvgIpc) is 3.18. The third-order valence-electron chi connectivity index (χ3n) is 6.75. The van der Waals surface area contributed by atoms with Crippen molar-refractivity contribution in [2.45, 2.75) is 65.0 Å². The van der Waals surface area contributed by atoms with Crippen molar-refractivity contribution >= 4 is 11.9 Å². The number of ether oxygens (including phenoxy) is 2. The maximum atomic E-state index is 12.7. The fourth-order valence-corrected chi connectivity index (χ4v) is 4.36. The summed E-state index contributed by atoms with van der Waals surface area (Å²) in [6.45, 7) is 8.54. The van der Waals surface area contributed by atoms with Gasteiger partial charge in [0.05, 0.1) is 13.7 Å². The zero-order valence-corrected chi connectivity index (χ0v) is 21.6. The molecule has 0 bridgehead atoms. The lowest BCUT2D eigenvalue weighted by Gasteiger charge is -2.41. The van der Waals surface area contributed by atoms with E-state index in [1.807, 2.05) is 24.5 Å². The Labute approximate surface area is 218 Å². The van der Waals surface area contributed by atoms with Gasteiger partial charge in [-0.1, -0.05) is 13.0 Å². The lowest BCUT2D eigenvalue weighted by Crippen LogP contribution is -2.44. The zero-order valence-electron chi connectivity index (χ0n) is 21.6. The van der Waals surface area contributed by atoms with Gasteiger partial charge in [0, 0.05) is 36.3 Å². The first-order valence-corrected chi connectivity index (χ1v) is 12.3. The highest BCUT2D eigenvalue weighted by atomic mass is 19.4. The Hall–Kier alpha value is -3.26. The highest BCUT2D eigenvalue weighted by Gasteiger charge is 2.40. The molecule has 1 fully saturated rings. The summed E-state index contributed by atoms with van der Waals surface area (Å²) in [6.07, 6.45) is -0.487. The molecule has 0 radical (unpaired) electrons. The minimum atomic E-state index is -5.08. The first kappa shape index (κ1) is 29.3. The van der Waals surface area contributed by atoms with Crippen LogP contribution >= 0.6 is 0 Å². The van der Waals surface area contributed by atoms with Gasteiger partial charge in [0.2, 0.25) is 11.7 Å². The predicted molar refractivity (Wildman–Crippen MR) is 128 cm³/mol. The van der Waals surface area contributed by atoms with Gasteiger partial charge < -0.3 is 24.5 Å². The Morgan fingerprint density at radius 3 is 2.58 bits per heavy atom. The van der Waals surface area contributed by atoms with E-state index in [1.165, 1.54) is 0 Å². The number of carbonyl (C=O) groups excluding carboxylic acids is 1. The molecule has 1 atom stereocenters. The number of methoxy groups -OCH3 is 1. The second-order valence-corrected chi connectivity index (χ2v) is 9.55. The second-order valence-electron chi connectivity index (χ2n) is 9.55. The van der Waals surface area contributed by atoms with Gasteiger partial charge in [-0.15, -0.1) is 10.2 Å². The monoisotopic (exact) mass is 542 g/mol. The molecule has 2 aromatic heterocycles. The average molecular weight is 543 g/mol. The largest absolute Gasteiger partial charge is 0.490 e. The summed E-state index contributed by atoms with van der Waals surface area (Å²) < 4.78 is 45.1. The van der Waals surface area contributed by atoms with Crippen molar-refractivity contribution in [1.82, 2.24) is 30.0 Å². The van der Waals surface area contributed by atoms with Crippen molar-refractivity contribution < 1.29 is 37.3 Å². The van der Waals surface area contributed by atoms with E-state index in [2.05, 4.69) is 31.5 Å². The Bertz CT molecular complexity index is 1100. The number of carboxylic acids is 1. The van der Waals surface area contributed by atoms with Crippen LogP contribution in [0.4, 0.5) is 13.2 Å². The molecule has 210 valence electrons. The maximum absolute atomic E-state index is 12.7. The van der Waals surface area contributed by atoms with Crippen LogP contribution in [0.3, 0.4) is 0 Å². The van der Waals surface area contributed by atoms with Crippen LogP contribution in [0.25, 0.3) is 0 Å².